The molecule has 188 valence electrons. The third-order valence-electron chi connectivity index (χ3n) is 5.31. The number of hydrogen-bond donors (Lipinski definition) is 2. The molecule has 3 N–H and O–H groups in total. The molecule has 1 saturated heterocycles. The van der Waals surface area contributed by atoms with Crippen LogP contribution in [0.25, 0.3) is 6.08 Å². The molecule has 0 aliphatic carbocycles. The molecular weight excluding hydrogens is 478 g/mol. The fourth-order valence-corrected chi connectivity index (χ4v) is 3.53. The Hall–Kier alpha value is -5.12. The number of anilines is 1. The Kier molecular flexibility index (Phi) is 7.48. The van der Waals surface area contributed by atoms with Gasteiger partial charge in [0.1, 0.15) is 17.9 Å². The van der Waals surface area contributed by atoms with Gasteiger partial charge < -0.3 is 19.9 Å². The number of barbiturate groups is 1. The zero-order valence-electron chi connectivity index (χ0n) is 19.8. The molecule has 0 atom stereocenters. The Labute approximate surface area is 212 Å². The summed E-state index contributed by atoms with van der Waals surface area (Å²) in [5.41, 5.74) is 6.54. The quantitative estimate of drug-likeness (QED) is 0.340. The van der Waals surface area contributed by atoms with E-state index in [4.69, 9.17) is 19.9 Å². The lowest BCUT2D eigenvalue weighted by Gasteiger charge is -2.26. The number of benzene rings is 3. The van der Waals surface area contributed by atoms with Crippen molar-refractivity contribution in [2.24, 2.45) is 5.73 Å². The van der Waals surface area contributed by atoms with Crippen LogP contribution in [0.2, 0.25) is 0 Å². The maximum atomic E-state index is 13.2. The van der Waals surface area contributed by atoms with Crippen molar-refractivity contribution < 1.29 is 33.4 Å². The number of methoxy groups -OCH3 is 1. The van der Waals surface area contributed by atoms with Gasteiger partial charge in [0.15, 0.2) is 18.1 Å². The summed E-state index contributed by atoms with van der Waals surface area (Å²) in [6, 6.07) is 19.7. The van der Waals surface area contributed by atoms with Crippen LogP contribution >= 0.6 is 0 Å². The van der Waals surface area contributed by atoms with Crippen molar-refractivity contribution in [2.75, 3.05) is 18.6 Å². The van der Waals surface area contributed by atoms with Crippen LogP contribution in [0.3, 0.4) is 0 Å². The molecule has 0 unspecified atom stereocenters. The van der Waals surface area contributed by atoms with Crippen LogP contribution in [-0.2, 0) is 21.0 Å². The van der Waals surface area contributed by atoms with Gasteiger partial charge in [-0.2, -0.15) is 0 Å². The van der Waals surface area contributed by atoms with Gasteiger partial charge in [0.05, 0.1) is 12.8 Å². The first-order valence-electron chi connectivity index (χ1n) is 11.1. The number of nitrogens with one attached hydrogen (secondary N) is 1. The van der Waals surface area contributed by atoms with Gasteiger partial charge in [-0.3, -0.25) is 19.7 Å². The van der Waals surface area contributed by atoms with Crippen LogP contribution in [0, 0.1) is 0 Å². The van der Waals surface area contributed by atoms with Gasteiger partial charge in [-0.05, 0) is 53.6 Å². The van der Waals surface area contributed by atoms with Gasteiger partial charge in [0.25, 0.3) is 17.7 Å². The number of nitrogens with two attached hydrogens (primary N) is 1. The molecule has 1 heterocycles. The van der Waals surface area contributed by atoms with E-state index in [1.807, 2.05) is 30.3 Å². The number of carbonyl (C=O) groups excluding carboxylic acids is 4. The van der Waals surface area contributed by atoms with Crippen molar-refractivity contribution in [2.45, 2.75) is 6.61 Å². The van der Waals surface area contributed by atoms with E-state index in [9.17, 15) is 19.2 Å². The number of amides is 5. The molecule has 10 heteroatoms. The summed E-state index contributed by atoms with van der Waals surface area (Å²) in [6.45, 7) is 0.0192. The first-order valence-corrected chi connectivity index (χ1v) is 11.1. The fourth-order valence-electron chi connectivity index (χ4n) is 3.53. The smallest absolute Gasteiger partial charge is 0.335 e. The summed E-state index contributed by atoms with van der Waals surface area (Å²) in [7, 11) is 1.40. The zero-order chi connectivity index (χ0) is 26.4. The lowest BCUT2D eigenvalue weighted by atomic mass is 10.1. The number of hydrogen-bond acceptors (Lipinski definition) is 7. The second-order valence-electron chi connectivity index (χ2n) is 7.89. The molecule has 3 aromatic carbocycles. The lowest BCUT2D eigenvalue weighted by molar-refractivity contribution is -0.123. The van der Waals surface area contributed by atoms with Crippen LogP contribution in [0.15, 0.2) is 78.4 Å². The molecule has 4 rings (SSSR count). The van der Waals surface area contributed by atoms with Crippen molar-refractivity contribution in [3.63, 3.8) is 0 Å². The summed E-state index contributed by atoms with van der Waals surface area (Å²) in [4.78, 5) is 50.1. The number of imide groups is 2. The van der Waals surface area contributed by atoms with E-state index in [1.165, 1.54) is 25.3 Å². The van der Waals surface area contributed by atoms with Crippen LogP contribution in [-0.4, -0.2) is 37.5 Å². The highest BCUT2D eigenvalue weighted by Gasteiger charge is 2.36. The van der Waals surface area contributed by atoms with Gasteiger partial charge in [-0.25, -0.2) is 9.69 Å². The third-order valence-corrected chi connectivity index (χ3v) is 5.31. The Balaban J connectivity index is 1.53. The van der Waals surface area contributed by atoms with Crippen LogP contribution in [0.5, 0.6) is 17.2 Å². The maximum absolute atomic E-state index is 13.2. The highest BCUT2D eigenvalue weighted by atomic mass is 16.5. The molecule has 5 amide bonds. The van der Waals surface area contributed by atoms with E-state index in [-0.39, 0.29) is 29.4 Å². The highest BCUT2D eigenvalue weighted by Crippen LogP contribution is 2.30. The maximum Gasteiger partial charge on any atom is 0.335 e. The number of carbonyl (C=O) groups is 4. The predicted octanol–water partition coefficient (Wildman–Crippen LogP) is 2.80. The summed E-state index contributed by atoms with van der Waals surface area (Å²) < 4.78 is 16.3. The van der Waals surface area contributed by atoms with E-state index in [2.05, 4.69) is 5.32 Å². The molecule has 0 spiro atoms. The zero-order valence-corrected chi connectivity index (χ0v) is 19.8. The third kappa shape index (κ3) is 5.93. The van der Waals surface area contributed by atoms with Gasteiger partial charge in [0, 0.05) is 0 Å². The van der Waals surface area contributed by atoms with Crippen molar-refractivity contribution in [1.82, 2.24) is 5.32 Å². The number of nitrogens with zero attached hydrogens (tertiary/aromatic N) is 1. The van der Waals surface area contributed by atoms with E-state index in [0.29, 0.717) is 17.9 Å². The standard InChI is InChI=1S/C27H23N3O7/c1-35-23-14-18(7-12-22(23)37-16-24(28)31)13-21-25(32)29-27(34)30(26(21)33)19-8-10-20(11-9-19)36-15-17-5-3-2-4-6-17/h2-14H,15-16H2,1H3,(H2,28,31)(H,29,32,34)/b21-13+. The van der Waals surface area contributed by atoms with Gasteiger partial charge in [0.2, 0.25) is 0 Å². The highest BCUT2D eigenvalue weighted by molar-refractivity contribution is 6.39. The van der Waals surface area contributed by atoms with E-state index in [1.54, 1.807) is 30.3 Å². The summed E-state index contributed by atoms with van der Waals surface area (Å²) in [5, 5.41) is 2.18. The second-order valence-corrected chi connectivity index (χ2v) is 7.89. The van der Waals surface area contributed by atoms with E-state index < -0.39 is 23.8 Å². The minimum atomic E-state index is -0.863. The average Bonchev–Trinajstić information content (AvgIpc) is 2.90. The Morgan fingerprint density at radius 3 is 2.35 bits per heavy atom. The van der Waals surface area contributed by atoms with Crippen molar-refractivity contribution in [3.8, 4) is 17.2 Å². The first-order chi connectivity index (χ1) is 17.9. The van der Waals surface area contributed by atoms with Gasteiger partial charge in [-0.15, -0.1) is 0 Å². The molecule has 1 aliphatic heterocycles. The summed E-state index contributed by atoms with van der Waals surface area (Å²) >= 11 is 0. The second kappa shape index (κ2) is 11.1. The SMILES string of the molecule is COc1cc(/C=C2\C(=O)NC(=O)N(c3ccc(OCc4ccccc4)cc3)C2=O)ccc1OCC(N)=O. The summed E-state index contributed by atoms with van der Waals surface area (Å²) in [6.07, 6.45) is 1.33. The van der Waals surface area contributed by atoms with Crippen molar-refractivity contribution >= 4 is 35.5 Å². The van der Waals surface area contributed by atoms with Crippen LogP contribution < -0.4 is 30.2 Å². The van der Waals surface area contributed by atoms with E-state index in [0.717, 1.165) is 10.5 Å². The molecule has 0 saturated carbocycles. The average molecular weight is 501 g/mol. The fraction of sp³-hybridized carbons (Fsp3) is 0.111. The normalized spacial score (nSPS) is 14.4. The van der Waals surface area contributed by atoms with Crippen molar-refractivity contribution in [3.05, 3.63) is 89.5 Å². The topological polar surface area (TPSA) is 137 Å². The van der Waals surface area contributed by atoms with Crippen LogP contribution in [0.4, 0.5) is 10.5 Å². The number of rotatable bonds is 9. The van der Waals surface area contributed by atoms with Crippen molar-refractivity contribution in [1.29, 1.82) is 0 Å². The van der Waals surface area contributed by atoms with Gasteiger partial charge >= 0.3 is 6.03 Å². The number of urea groups is 1. The first kappa shape index (κ1) is 25.0. The lowest BCUT2D eigenvalue weighted by Crippen LogP contribution is -2.54. The molecule has 1 aliphatic rings. The predicted molar refractivity (Wildman–Crippen MR) is 134 cm³/mol. The van der Waals surface area contributed by atoms with Crippen LogP contribution in [0.1, 0.15) is 11.1 Å². The minimum Gasteiger partial charge on any atom is -0.493 e. The molecular formula is C27H23N3O7. The molecule has 0 radical (unpaired) electrons. The Morgan fingerprint density at radius 2 is 1.68 bits per heavy atom. The molecule has 0 aromatic heterocycles. The van der Waals surface area contributed by atoms with E-state index >= 15 is 0 Å². The van der Waals surface area contributed by atoms with Gasteiger partial charge in [-0.1, -0.05) is 36.4 Å². The number of primary amides is 1. The minimum absolute atomic E-state index is 0.253. The monoisotopic (exact) mass is 501 g/mol. The summed E-state index contributed by atoms with van der Waals surface area (Å²) in [5.74, 6) is -1.21. The molecule has 10 nitrogen and oxygen atoms in total. The largest absolute Gasteiger partial charge is 0.493 e. The molecule has 1 fully saturated rings. The Morgan fingerprint density at radius 1 is 0.946 bits per heavy atom. The molecule has 37 heavy (non-hydrogen) atoms. The molecule has 3 aromatic rings. The molecule has 0 bridgehead atoms. The number of ether oxygens (including phenoxy) is 3. The Bertz CT molecular complexity index is 1370.